The van der Waals surface area contributed by atoms with Crippen molar-refractivity contribution in [3.05, 3.63) is 10.5 Å². The van der Waals surface area contributed by atoms with Gasteiger partial charge in [-0.25, -0.2) is 0 Å². The van der Waals surface area contributed by atoms with Gasteiger partial charge in [0.2, 0.25) is 0 Å². The first-order valence-electron chi connectivity index (χ1n) is 3.93. The number of aliphatic hydroxyl groups is 1. The lowest BCUT2D eigenvalue weighted by Crippen LogP contribution is -2.19. The second kappa shape index (κ2) is 3.93. The Morgan fingerprint density at radius 1 is 1.54 bits per heavy atom. The highest BCUT2D eigenvalue weighted by molar-refractivity contribution is 8.18. The number of hydrogen-bond acceptors (Lipinski definition) is 4. The lowest BCUT2D eigenvalue weighted by molar-refractivity contribution is -0.115. The Kier molecular flexibility index (Phi) is 3.11. The van der Waals surface area contributed by atoms with Crippen LogP contribution in [-0.2, 0) is 4.79 Å². The lowest BCUT2D eigenvalue weighted by atomic mass is 10.0. The van der Waals surface area contributed by atoms with E-state index in [0.717, 1.165) is 11.8 Å². The van der Waals surface area contributed by atoms with Gasteiger partial charge in [0.05, 0.1) is 11.5 Å². The Labute approximate surface area is 80.4 Å². The van der Waals surface area contributed by atoms with E-state index in [0.29, 0.717) is 10.5 Å². The van der Waals surface area contributed by atoms with Gasteiger partial charge in [-0.1, -0.05) is 13.8 Å². The average molecular weight is 201 g/mol. The highest BCUT2D eigenvalue weighted by atomic mass is 32.2. The molecule has 13 heavy (non-hydrogen) atoms. The average Bonchev–Trinajstić information content (AvgIpc) is 2.31. The minimum atomic E-state index is -0.396. The summed E-state index contributed by atoms with van der Waals surface area (Å²) in [7, 11) is 0. The van der Waals surface area contributed by atoms with Gasteiger partial charge < -0.3 is 5.11 Å². The van der Waals surface area contributed by atoms with Crippen molar-refractivity contribution < 1.29 is 14.7 Å². The first kappa shape index (κ1) is 10.3. The summed E-state index contributed by atoms with van der Waals surface area (Å²) in [5, 5.41) is 10.8. The molecule has 2 N–H and O–H groups in total. The van der Waals surface area contributed by atoms with Crippen molar-refractivity contribution in [1.29, 1.82) is 0 Å². The predicted octanol–water partition coefficient (Wildman–Crippen LogP) is 0.872. The predicted molar refractivity (Wildman–Crippen MR) is 50.1 cm³/mol. The first-order chi connectivity index (χ1) is 6.06. The fourth-order valence-electron chi connectivity index (χ4n) is 1.04. The van der Waals surface area contributed by atoms with Gasteiger partial charge >= 0.3 is 0 Å². The Morgan fingerprint density at radius 2 is 2.15 bits per heavy atom. The second-order valence-electron chi connectivity index (χ2n) is 3.01. The van der Waals surface area contributed by atoms with E-state index in [-0.39, 0.29) is 17.8 Å². The van der Waals surface area contributed by atoms with Crippen molar-refractivity contribution in [1.82, 2.24) is 5.32 Å². The van der Waals surface area contributed by atoms with E-state index < -0.39 is 5.91 Å². The largest absolute Gasteiger partial charge is 0.392 e. The summed E-state index contributed by atoms with van der Waals surface area (Å²) in [6, 6.07) is 0. The number of carbonyl (C=O) groups excluding carboxylic acids is 2. The molecule has 0 aromatic heterocycles. The molecule has 0 spiro atoms. The standard InChI is InChI=1S/C8H11NO3S/c1-4(2)5(3-10)6-7(11)9-8(12)13-6/h4,10H,3H2,1-2H3,(H,9,11,12)/b6-5+. The number of nitrogens with one attached hydrogen (secondary N) is 1. The van der Waals surface area contributed by atoms with Crippen LogP contribution in [-0.4, -0.2) is 22.9 Å². The molecule has 0 atom stereocenters. The van der Waals surface area contributed by atoms with E-state index in [1.807, 2.05) is 13.8 Å². The van der Waals surface area contributed by atoms with Crippen LogP contribution in [0.4, 0.5) is 4.79 Å². The number of rotatable bonds is 2. The third kappa shape index (κ3) is 2.10. The van der Waals surface area contributed by atoms with Crippen molar-refractivity contribution in [2.24, 2.45) is 5.92 Å². The van der Waals surface area contributed by atoms with Crippen LogP contribution in [0.25, 0.3) is 0 Å². The van der Waals surface area contributed by atoms with Gasteiger partial charge in [0.25, 0.3) is 11.1 Å². The smallest absolute Gasteiger partial charge is 0.290 e. The molecule has 4 nitrogen and oxygen atoms in total. The van der Waals surface area contributed by atoms with Crippen molar-refractivity contribution in [2.45, 2.75) is 13.8 Å². The van der Waals surface area contributed by atoms with E-state index in [4.69, 9.17) is 5.11 Å². The number of hydrogen-bond donors (Lipinski definition) is 2. The molecule has 0 saturated carbocycles. The zero-order valence-corrected chi connectivity index (χ0v) is 8.27. The third-order valence-electron chi connectivity index (χ3n) is 1.78. The van der Waals surface area contributed by atoms with Gasteiger partial charge in [0.15, 0.2) is 0 Å². The molecule has 1 heterocycles. The topological polar surface area (TPSA) is 66.4 Å². The molecule has 1 saturated heterocycles. The molecule has 72 valence electrons. The van der Waals surface area contributed by atoms with E-state index in [2.05, 4.69) is 5.32 Å². The summed E-state index contributed by atoms with van der Waals surface area (Å²) in [5.41, 5.74) is 0.619. The molecule has 1 aliphatic rings. The normalized spacial score (nSPS) is 20.9. The number of imide groups is 1. The molecule has 1 fully saturated rings. The highest BCUT2D eigenvalue weighted by Crippen LogP contribution is 2.29. The maximum Gasteiger partial charge on any atom is 0.290 e. The molecule has 0 aliphatic carbocycles. The summed E-state index contributed by atoms with van der Waals surface area (Å²) in [5.74, 6) is -0.322. The fourth-order valence-corrected chi connectivity index (χ4v) is 1.95. The van der Waals surface area contributed by atoms with Gasteiger partial charge in [0, 0.05) is 0 Å². The molecule has 0 aromatic rings. The summed E-state index contributed by atoms with van der Waals surface area (Å²) in [4.78, 5) is 22.3. The maximum atomic E-state index is 11.2. The number of carbonyl (C=O) groups is 2. The number of aliphatic hydroxyl groups excluding tert-OH is 1. The fraction of sp³-hybridized carbons (Fsp3) is 0.500. The van der Waals surface area contributed by atoms with Gasteiger partial charge in [-0.3, -0.25) is 14.9 Å². The van der Waals surface area contributed by atoms with Crippen LogP contribution in [0, 0.1) is 5.92 Å². The Bertz CT molecular complexity index is 283. The first-order valence-corrected chi connectivity index (χ1v) is 4.75. The zero-order valence-electron chi connectivity index (χ0n) is 7.46. The van der Waals surface area contributed by atoms with E-state index in [1.54, 1.807) is 0 Å². The molecule has 5 heteroatoms. The zero-order chi connectivity index (χ0) is 10.0. The molecular weight excluding hydrogens is 190 g/mol. The van der Waals surface area contributed by atoms with Crippen LogP contribution in [0.1, 0.15) is 13.8 Å². The van der Waals surface area contributed by atoms with E-state index >= 15 is 0 Å². The monoisotopic (exact) mass is 201 g/mol. The third-order valence-corrected chi connectivity index (χ3v) is 2.71. The molecule has 2 amide bonds. The van der Waals surface area contributed by atoms with E-state index in [1.165, 1.54) is 0 Å². The number of amides is 2. The number of thioether (sulfide) groups is 1. The molecule has 1 aliphatic heterocycles. The van der Waals surface area contributed by atoms with Crippen molar-refractivity contribution >= 4 is 22.9 Å². The Morgan fingerprint density at radius 3 is 2.46 bits per heavy atom. The molecule has 1 rings (SSSR count). The van der Waals surface area contributed by atoms with Crippen LogP contribution in [0.15, 0.2) is 10.5 Å². The van der Waals surface area contributed by atoms with Gasteiger partial charge in [-0.2, -0.15) is 0 Å². The molecule has 0 unspecified atom stereocenters. The Hall–Kier alpha value is -0.810. The Balaban J connectivity index is 3.01. The van der Waals surface area contributed by atoms with Gasteiger partial charge in [-0.05, 0) is 23.3 Å². The summed E-state index contributed by atoms with van der Waals surface area (Å²) in [6.45, 7) is 3.56. The highest BCUT2D eigenvalue weighted by Gasteiger charge is 2.28. The quantitative estimate of drug-likeness (QED) is 0.651. The minimum absolute atomic E-state index is 0.0733. The van der Waals surface area contributed by atoms with E-state index in [9.17, 15) is 9.59 Å². The second-order valence-corrected chi connectivity index (χ2v) is 3.99. The van der Waals surface area contributed by atoms with Gasteiger partial charge in [0.1, 0.15) is 0 Å². The minimum Gasteiger partial charge on any atom is -0.392 e. The van der Waals surface area contributed by atoms with Crippen molar-refractivity contribution in [3.63, 3.8) is 0 Å². The van der Waals surface area contributed by atoms with Crippen LogP contribution < -0.4 is 5.32 Å². The van der Waals surface area contributed by atoms with Crippen molar-refractivity contribution in [3.8, 4) is 0 Å². The summed E-state index contributed by atoms with van der Waals surface area (Å²) in [6.07, 6.45) is 0. The SMILES string of the molecule is CC(C)/C(CO)=C1/SC(=O)NC1=O. The van der Waals surface area contributed by atoms with Crippen LogP contribution in [0.3, 0.4) is 0 Å². The maximum absolute atomic E-state index is 11.2. The van der Waals surface area contributed by atoms with Gasteiger partial charge in [-0.15, -0.1) is 0 Å². The molecule has 0 aromatic carbocycles. The molecule has 0 bridgehead atoms. The summed E-state index contributed by atoms with van der Waals surface area (Å²) >= 11 is 0.855. The van der Waals surface area contributed by atoms with Crippen molar-refractivity contribution in [2.75, 3.05) is 6.61 Å². The molecule has 0 radical (unpaired) electrons. The lowest BCUT2D eigenvalue weighted by Gasteiger charge is -2.08. The van der Waals surface area contributed by atoms with Crippen LogP contribution >= 0.6 is 11.8 Å². The van der Waals surface area contributed by atoms with Crippen LogP contribution in [0.5, 0.6) is 0 Å². The molecular formula is C8H11NO3S. The summed E-state index contributed by atoms with van der Waals surface area (Å²) < 4.78 is 0. The van der Waals surface area contributed by atoms with Crippen LogP contribution in [0.2, 0.25) is 0 Å².